The van der Waals surface area contributed by atoms with Crippen molar-refractivity contribution >= 4 is 27.3 Å². The van der Waals surface area contributed by atoms with E-state index >= 15 is 0 Å². The van der Waals surface area contributed by atoms with E-state index in [0.29, 0.717) is 5.92 Å². The normalized spacial score (nSPS) is 11.2. The molecule has 1 heterocycles. The monoisotopic (exact) mass is 339 g/mol. The van der Waals surface area contributed by atoms with Gasteiger partial charge in [-0.25, -0.2) is 0 Å². The Balaban J connectivity index is 2.10. The molecule has 1 N–H and O–H groups in total. The van der Waals surface area contributed by atoms with Gasteiger partial charge in [-0.3, -0.25) is 0 Å². The first-order chi connectivity index (χ1) is 9.06. The lowest BCUT2D eigenvalue weighted by Gasteiger charge is -2.04. The van der Waals surface area contributed by atoms with Crippen LogP contribution in [0.25, 0.3) is 10.6 Å². The van der Waals surface area contributed by atoms with Crippen molar-refractivity contribution < 1.29 is 0 Å². The second-order valence-corrected chi connectivity index (χ2v) is 6.93. The third-order valence-electron chi connectivity index (χ3n) is 2.65. The third kappa shape index (κ3) is 4.09. The van der Waals surface area contributed by atoms with Crippen molar-refractivity contribution in [2.75, 3.05) is 6.54 Å². The summed E-state index contributed by atoms with van der Waals surface area (Å²) in [6, 6.07) is 6.28. The molecule has 1 aromatic carbocycles. The highest BCUT2D eigenvalue weighted by atomic mass is 79.9. The molecule has 0 saturated carbocycles. The summed E-state index contributed by atoms with van der Waals surface area (Å²) in [5.74, 6) is 0.651. The van der Waals surface area contributed by atoms with Crippen LogP contribution in [0.3, 0.4) is 0 Å². The molecule has 2 aromatic rings. The fraction of sp³-hybridized carbons (Fsp3) is 0.429. The first-order valence-corrected chi connectivity index (χ1v) is 7.97. The molecule has 0 amide bonds. The van der Waals surface area contributed by atoms with Crippen molar-refractivity contribution in [3.63, 3.8) is 0 Å². The maximum absolute atomic E-state index is 4.28. The van der Waals surface area contributed by atoms with Crippen LogP contribution in [0.1, 0.15) is 24.4 Å². The Morgan fingerprint density at radius 1 is 1.32 bits per heavy atom. The number of aryl methyl sites for hydroxylation is 1. The highest BCUT2D eigenvalue weighted by Crippen LogP contribution is 2.31. The third-order valence-corrected chi connectivity index (χ3v) is 4.30. The van der Waals surface area contributed by atoms with Gasteiger partial charge in [-0.2, -0.15) is 0 Å². The van der Waals surface area contributed by atoms with Gasteiger partial charge in [0.05, 0.1) is 0 Å². The lowest BCUT2D eigenvalue weighted by molar-refractivity contribution is 0.550. The molecular weight excluding hydrogens is 322 g/mol. The van der Waals surface area contributed by atoms with Gasteiger partial charge in [-0.05, 0) is 31.5 Å². The zero-order valence-electron chi connectivity index (χ0n) is 11.4. The van der Waals surface area contributed by atoms with Crippen LogP contribution in [-0.4, -0.2) is 16.7 Å². The number of nitrogens with zero attached hydrogens (tertiary/aromatic N) is 2. The lowest BCUT2D eigenvalue weighted by Crippen LogP contribution is -2.18. The smallest absolute Gasteiger partial charge is 0.148 e. The first-order valence-electron chi connectivity index (χ1n) is 6.36. The van der Waals surface area contributed by atoms with Crippen LogP contribution in [0.5, 0.6) is 0 Å². The molecule has 0 saturated heterocycles. The molecular formula is C14H18BrN3S. The maximum Gasteiger partial charge on any atom is 0.148 e. The molecule has 0 atom stereocenters. The van der Waals surface area contributed by atoms with Crippen molar-refractivity contribution in [2.24, 2.45) is 5.92 Å². The summed E-state index contributed by atoms with van der Waals surface area (Å²) in [6.45, 7) is 8.27. The number of aromatic nitrogens is 2. The maximum atomic E-state index is 4.28. The molecule has 0 fully saturated rings. The summed E-state index contributed by atoms with van der Waals surface area (Å²) >= 11 is 5.22. The zero-order chi connectivity index (χ0) is 13.8. The summed E-state index contributed by atoms with van der Waals surface area (Å²) in [6.07, 6.45) is 0. The van der Waals surface area contributed by atoms with E-state index in [1.54, 1.807) is 11.3 Å². The average molecular weight is 340 g/mol. The number of hydrogen-bond donors (Lipinski definition) is 1. The van der Waals surface area contributed by atoms with Crippen LogP contribution >= 0.6 is 27.3 Å². The summed E-state index contributed by atoms with van der Waals surface area (Å²) in [5.41, 5.74) is 2.35. The van der Waals surface area contributed by atoms with Gasteiger partial charge in [0.2, 0.25) is 0 Å². The van der Waals surface area contributed by atoms with Gasteiger partial charge in [0.15, 0.2) is 0 Å². The van der Waals surface area contributed by atoms with E-state index in [0.717, 1.165) is 33.1 Å². The number of rotatable bonds is 5. The van der Waals surface area contributed by atoms with Gasteiger partial charge in [0.1, 0.15) is 10.0 Å². The molecule has 0 bridgehead atoms. The quantitative estimate of drug-likeness (QED) is 0.893. The summed E-state index contributed by atoms with van der Waals surface area (Å²) in [5, 5.41) is 13.9. The van der Waals surface area contributed by atoms with Crippen LogP contribution in [0.15, 0.2) is 22.7 Å². The molecule has 102 valence electrons. The van der Waals surface area contributed by atoms with Crippen molar-refractivity contribution in [1.82, 2.24) is 15.5 Å². The molecule has 0 aliphatic carbocycles. The predicted molar refractivity (Wildman–Crippen MR) is 84.3 cm³/mol. The minimum Gasteiger partial charge on any atom is -0.310 e. The van der Waals surface area contributed by atoms with Crippen molar-refractivity contribution in [3.05, 3.63) is 33.2 Å². The molecule has 0 aliphatic heterocycles. The second-order valence-electron chi connectivity index (χ2n) is 5.01. The van der Waals surface area contributed by atoms with E-state index in [1.807, 2.05) is 0 Å². The average Bonchev–Trinajstić information content (AvgIpc) is 2.80. The van der Waals surface area contributed by atoms with E-state index < -0.39 is 0 Å². The number of halogens is 1. The minimum absolute atomic E-state index is 0.651. The molecule has 0 radical (unpaired) electrons. The highest BCUT2D eigenvalue weighted by molar-refractivity contribution is 9.10. The molecule has 0 aliphatic rings. The largest absolute Gasteiger partial charge is 0.310 e. The standard InChI is InChI=1S/C14H18BrN3S/c1-9(2)7-16-8-13-17-18-14(19-13)11-6-10(3)4-5-12(11)15/h4-6,9,16H,7-8H2,1-3H3. The zero-order valence-corrected chi connectivity index (χ0v) is 13.8. The molecule has 1 aromatic heterocycles. The van der Waals surface area contributed by atoms with E-state index in [2.05, 4.69) is 70.4 Å². The van der Waals surface area contributed by atoms with Crippen LogP contribution in [0, 0.1) is 12.8 Å². The van der Waals surface area contributed by atoms with Gasteiger partial charge in [0, 0.05) is 16.6 Å². The molecule has 0 unspecified atom stereocenters. The van der Waals surface area contributed by atoms with E-state index in [1.165, 1.54) is 5.56 Å². The van der Waals surface area contributed by atoms with Crippen molar-refractivity contribution in [3.8, 4) is 10.6 Å². The molecule has 2 rings (SSSR count). The van der Waals surface area contributed by atoms with E-state index in [4.69, 9.17) is 0 Å². The Labute approximate surface area is 126 Å². The Kier molecular flexibility index (Phi) is 5.07. The van der Waals surface area contributed by atoms with Crippen molar-refractivity contribution in [2.45, 2.75) is 27.3 Å². The predicted octanol–water partition coefficient (Wildman–Crippen LogP) is 4.02. The van der Waals surface area contributed by atoms with Crippen LogP contribution in [0.4, 0.5) is 0 Å². The molecule has 0 spiro atoms. The minimum atomic E-state index is 0.651. The molecule has 5 heteroatoms. The Bertz CT molecular complexity index is 551. The van der Waals surface area contributed by atoms with Gasteiger partial charge >= 0.3 is 0 Å². The SMILES string of the molecule is Cc1ccc(Br)c(-c2nnc(CNCC(C)C)s2)c1. The fourth-order valence-corrected chi connectivity index (χ4v) is 3.11. The van der Waals surface area contributed by atoms with E-state index in [-0.39, 0.29) is 0 Å². The van der Waals surface area contributed by atoms with Crippen molar-refractivity contribution in [1.29, 1.82) is 0 Å². The van der Waals surface area contributed by atoms with Crippen LogP contribution < -0.4 is 5.32 Å². The van der Waals surface area contributed by atoms with Gasteiger partial charge in [-0.1, -0.05) is 52.7 Å². The number of benzene rings is 1. The van der Waals surface area contributed by atoms with Crippen LogP contribution in [0.2, 0.25) is 0 Å². The molecule has 19 heavy (non-hydrogen) atoms. The fourth-order valence-electron chi connectivity index (χ4n) is 1.70. The van der Waals surface area contributed by atoms with Gasteiger partial charge in [-0.15, -0.1) is 10.2 Å². The number of hydrogen-bond acceptors (Lipinski definition) is 4. The highest BCUT2D eigenvalue weighted by Gasteiger charge is 2.10. The summed E-state index contributed by atoms with van der Waals surface area (Å²) < 4.78 is 1.07. The summed E-state index contributed by atoms with van der Waals surface area (Å²) in [7, 11) is 0. The van der Waals surface area contributed by atoms with Gasteiger partial charge < -0.3 is 5.32 Å². The second kappa shape index (κ2) is 6.59. The first kappa shape index (κ1) is 14.6. The Morgan fingerprint density at radius 3 is 2.84 bits per heavy atom. The van der Waals surface area contributed by atoms with E-state index in [9.17, 15) is 0 Å². The Hall–Kier alpha value is -0.780. The lowest BCUT2D eigenvalue weighted by atomic mass is 10.1. The molecule has 3 nitrogen and oxygen atoms in total. The van der Waals surface area contributed by atoms with Gasteiger partial charge in [0.25, 0.3) is 0 Å². The van der Waals surface area contributed by atoms with Crippen LogP contribution in [-0.2, 0) is 6.54 Å². The Morgan fingerprint density at radius 2 is 2.11 bits per heavy atom. The summed E-state index contributed by atoms with van der Waals surface area (Å²) in [4.78, 5) is 0. The number of nitrogens with one attached hydrogen (secondary N) is 1. The topological polar surface area (TPSA) is 37.8 Å².